The van der Waals surface area contributed by atoms with Gasteiger partial charge in [-0.25, -0.2) is 0 Å². The average Bonchev–Trinajstić information content (AvgIpc) is 2.99. The molecule has 0 radical (unpaired) electrons. The lowest BCUT2D eigenvalue weighted by atomic mass is 9.47. The number of allylic oxidation sites excluding steroid dienone is 2. The summed E-state index contributed by atoms with van der Waals surface area (Å²) in [5.41, 5.74) is 1.81. The number of fused-ring (bicyclic) bond motifs is 5. The Balaban J connectivity index is 1.58. The maximum absolute atomic E-state index is 11.4. The molecule has 3 fully saturated rings. The number of hydrogen-bond donors (Lipinski definition) is 1. The molecule has 0 unspecified atom stereocenters. The van der Waals surface area contributed by atoms with E-state index in [1.165, 1.54) is 25.1 Å². The van der Waals surface area contributed by atoms with Gasteiger partial charge in [-0.05, 0) is 73.5 Å². The predicted molar refractivity (Wildman–Crippen MR) is 107 cm³/mol. The van der Waals surface area contributed by atoms with Crippen LogP contribution < -0.4 is 0 Å². The first-order valence-electron chi connectivity index (χ1n) is 10.9. The number of esters is 1. The zero-order chi connectivity index (χ0) is 20.1. The van der Waals surface area contributed by atoms with E-state index in [0.717, 1.165) is 44.9 Å². The van der Waals surface area contributed by atoms with Crippen LogP contribution in [0.25, 0.3) is 4.98 Å². The minimum absolute atomic E-state index is 0.0439. The summed E-state index contributed by atoms with van der Waals surface area (Å²) in [6.45, 7) is 6.29. The highest BCUT2D eigenvalue weighted by Crippen LogP contribution is 2.67. The molecular formula is C23H33N2O3+. The molecule has 4 aliphatic rings. The molecule has 1 N–H and O–H groups in total. The maximum Gasteiger partial charge on any atom is 0.387 e. The molecule has 0 heterocycles. The molecule has 0 spiro atoms. The van der Waals surface area contributed by atoms with Gasteiger partial charge in [0.25, 0.3) is 0 Å². The third-order valence-corrected chi connectivity index (χ3v) is 8.94. The number of hydrogen-bond acceptors (Lipinski definition) is 4. The van der Waals surface area contributed by atoms with Gasteiger partial charge in [-0.1, -0.05) is 25.5 Å². The van der Waals surface area contributed by atoms with Crippen LogP contribution in [0.5, 0.6) is 0 Å². The minimum Gasteiger partial charge on any atom is -0.505 e. The third kappa shape index (κ3) is 2.88. The first-order valence-corrected chi connectivity index (χ1v) is 10.9. The van der Waals surface area contributed by atoms with Crippen LogP contribution in [-0.2, 0) is 9.53 Å². The Kier molecular flexibility index (Phi) is 4.80. The van der Waals surface area contributed by atoms with Crippen molar-refractivity contribution in [3.05, 3.63) is 28.6 Å². The lowest BCUT2D eigenvalue weighted by Gasteiger charge is -2.58. The van der Waals surface area contributed by atoms with E-state index in [1.807, 2.05) is 0 Å². The predicted octanol–water partition coefficient (Wildman–Crippen LogP) is 5.75. The van der Waals surface area contributed by atoms with Crippen LogP contribution in [0.1, 0.15) is 72.1 Å². The summed E-state index contributed by atoms with van der Waals surface area (Å²) in [7, 11) is 0. The molecule has 0 aromatic rings. The summed E-state index contributed by atoms with van der Waals surface area (Å²) in [5, 5.41) is 19.3. The zero-order valence-corrected chi connectivity index (χ0v) is 17.4. The van der Waals surface area contributed by atoms with E-state index in [2.05, 4.69) is 24.9 Å². The third-order valence-electron chi connectivity index (χ3n) is 8.94. The lowest BCUT2D eigenvalue weighted by molar-refractivity contribution is -0.148. The van der Waals surface area contributed by atoms with Gasteiger partial charge in [0.1, 0.15) is 6.10 Å². The number of aliphatic hydroxyl groups excluding tert-OH is 1. The van der Waals surface area contributed by atoms with Crippen molar-refractivity contribution in [2.24, 2.45) is 34.5 Å². The Labute approximate surface area is 167 Å². The minimum atomic E-state index is -0.171. The lowest BCUT2D eigenvalue weighted by Crippen LogP contribution is -2.50. The molecule has 28 heavy (non-hydrogen) atoms. The molecule has 0 aliphatic heterocycles. The summed E-state index contributed by atoms with van der Waals surface area (Å²) in [6.07, 6.45) is 12.2. The van der Waals surface area contributed by atoms with Crippen molar-refractivity contribution >= 4 is 5.97 Å². The molecule has 0 amide bonds. The second kappa shape index (κ2) is 6.90. The molecule has 0 aromatic carbocycles. The Hall–Kier alpha value is -1.83. The average molecular weight is 386 g/mol. The fourth-order valence-corrected chi connectivity index (χ4v) is 7.60. The SMILES string of the molecule is CC(=O)O[C@H]1CC[C@@]2(C)C(=CC[C@@H]3[C@H]2CC[C@]2(C)[C@@H](C(O)=C[N+]#N)CC[C@@H]32)C1. The fourth-order valence-electron chi connectivity index (χ4n) is 7.60. The fraction of sp³-hybridized carbons (Fsp3) is 0.783. The first-order chi connectivity index (χ1) is 13.3. The highest BCUT2D eigenvalue weighted by molar-refractivity contribution is 5.66. The van der Waals surface area contributed by atoms with Gasteiger partial charge in [0.05, 0.1) is 0 Å². The van der Waals surface area contributed by atoms with Gasteiger partial charge in [-0.15, -0.1) is 0 Å². The number of carbonyl (C=O) groups excluding carboxylic acids is 1. The largest absolute Gasteiger partial charge is 0.505 e. The number of diazo groups is 1. The van der Waals surface area contributed by atoms with E-state index in [-0.39, 0.29) is 34.6 Å². The Morgan fingerprint density at radius 2 is 2.04 bits per heavy atom. The van der Waals surface area contributed by atoms with Gasteiger partial charge in [0.2, 0.25) is 5.39 Å². The molecule has 3 saturated carbocycles. The second-order valence-corrected chi connectivity index (χ2v) is 10.1. The van der Waals surface area contributed by atoms with Gasteiger partial charge in [-0.3, -0.25) is 4.79 Å². The van der Waals surface area contributed by atoms with E-state index in [1.54, 1.807) is 0 Å². The van der Waals surface area contributed by atoms with E-state index >= 15 is 0 Å². The van der Waals surface area contributed by atoms with Crippen LogP contribution in [0.2, 0.25) is 0 Å². The summed E-state index contributed by atoms with van der Waals surface area (Å²) < 4.78 is 5.53. The van der Waals surface area contributed by atoms with E-state index in [9.17, 15) is 9.90 Å². The number of rotatable bonds is 2. The maximum atomic E-state index is 11.4. The van der Waals surface area contributed by atoms with E-state index < -0.39 is 0 Å². The highest BCUT2D eigenvalue weighted by atomic mass is 16.5. The number of nitrogens with zero attached hydrogens (tertiary/aromatic N) is 2. The molecule has 4 aliphatic carbocycles. The molecule has 5 nitrogen and oxygen atoms in total. The van der Waals surface area contributed by atoms with Crippen molar-refractivity contribution in [3.8, 4) is 0 Å². The van der Waals surface area contributed by atoms with Crippen LogP contribution in [0, 0.1) is 39.9 Å². The van der Waals surface area contributed by atoms with Crippen molar-refractivity contribution in [2.45, 2.75) is 78.2 Å². The number of carbonyl (C=O) groups is 1. The molecule has 0 aromatic heterocycles. The second-order valence-electron chi connectivity index (χ2n) is 10.1. The van der Waals surface area contributed by atoms with Gasteiger partial charge in [0, 0.05) is 19.3 Å². The van der Waals surface area contributed by atoms with Gasteiger partial charge in [0.15, 0.2) is 10.7 Å². The summed E-state index contributed by atoms with van der Waals surface area (Å²) in [6, 6.07) is 0. The molecule has 4 rings (SSSR count). The standard InChI is InChI=1S/C23H32N2O3/c1-14(26)28-16-8-10-22(2)15(12-16)4-5-17-18-6-7-20(21(27)13-25-24)23(18,3)11-9-19(17)22/h4,13,16-20H,5-12H2,1-3H3/p+1/t16-,17-,18-,19+,20+,22-,23-/m0/s1. The van der Waals surface area contributed by atoms with Crippen molar-refractivity contribution in [3.63, 3.8) is 0 Å². The van der Waals surface area contributed by atoms with Crippen LogP contribution in [-0.4, -0.2) is 17.2 Å². The van der Waals surface area contributed by atoms with Crippen LogP contribution in [0.3, 0.4) is 0 Å². The van der Waals surface area contributed by atoms with Gasteiger partial charge in [-0.2, -0.15) is 0 Å². The molecule has 0 bridgehead atoms. The van der Waals surface area contributed by atoms with Crippen LogP contribution in [0.4, 0.5) is 0 Å². The van der Waals surface area contributed by atoms with Crippen LogP contribution in [0.15, 0.2) is 23.6 Å². The number of ether oxygens (including phenoxy) is 1. The normalized spacial score (nSPS) is 45.1. The Morgan fingerprint density at radius 1 is 1.25 bits per heavy atom. The topological polar surface area (TPSA) is 74.7 Å². The Bertz CT molecular complexity index is 766. The summed E-state index contributed by atoms with van der Waals surface area (Å²) in [5.74, 6) is 2.11. The zero-order valence-electron chi connectivity index (χ0n) is 17.4. The summed E-state index contributed by atoms with van der Waals surface area (Å²) >= 11 is 0. The smallest absolute Gasteiger partial charge is 0.387 e. The number of aliphatic hydroxyl groups is 1. The van der Waals surface area contributed by atoms with Gasteiger partial charge >= 0.3 is 12.2 Å². The van der Waals surface area contributed by atoms with Crippen molar-refractivity contribution in [2.75, 3.05) is 0 Å². The van der Waals surface area contributed by atoms with E-state index in [4.69, 9.17) is 10.1 Å². The van der Waals surface area contributed by atoms with Crippen LogP contribution >= 0.6 is 0 Å². The van der Waals surface area contributed by atoms with Crippen molar-refractivity contribution < 1.29 is 14.6 Å². The molecule has 7 atom stereocenters. The quantitative estimate of drug-likeness (QED) is 0.284. The first kappa shape index (κ1) is 19.5. The Morgan fingerprint density at radius 3 is 2.75 bits per heavy atom. The van der Waals surface area contributed by atoms with E-state index in [0.29, 0.717) is 17.8 Å². The molecular weight excluding hydrogens is 352 g/mol. The monoisotopic (exact) mass is 385 g/mol. The van der Waals surface area contributed by atoms with Gasteiger partial charge < -0.3 is 9.84 Å². The summed E-state index contributed by atoms with van der Waals surface area (Å²) in [4.78, 5) is 14.4. The molecule has 152 valence electrons. The highest BCUT2D eigenvalue weighted by Gasteiger charge is 2.59. The molecule has 0 saturated heterocycles. The van der Waals surface area contributed by atoms with Crippen molar-refractivity contribution in [1.29, 1.82) is 5.39 Å². The van der Waals surface area contributed by atoms with Crippen molar-refractivity contribution in [1.82, 2.24) is 0 Å². The molecule has 5 heteroatoms.